The molecule has 20 heavy (non-hydrogen) atoms. The number of hydrogen-bond donors (Lipinski definition) is 3. The third kappa shape index (κ3) is 3.81. The van der Waals surface area contributed by atoms with Gasteiger partial charge in [0.15, 0.2) is 0 Å². The van der Waals surface area contributed by atoms with E-state index < -0.39 is 0 Å². The van der Waals surface area contributed by atoms with Gasteiger partial charge in [0.25, 0.3) is 0 Å². The molecule has 0 fully saturated rings. The van der Waals surface area contributed by atoms with E-state index in [4.69, 9.17) is 5.11 Å². The van der Waals surface area contributed by atoms with Crippen molar-refractivity contribution in [3.63, 3.8) is 0 Å². The smallest absolute Gasteiger partial charge is 0.237 e. The summed E-state index contributed by atoms with van der Waals surface area (Å²) in [6, 6.07) is 8.07. The normalized spacial score (nSPS) is 18.4. The Kier molecular flexibility index (Phi) is 4.78. The lowest BCUT2D eigenvalue weighted by atomic mass is 9.89. The van der Waals surface area contributed by atoms with Crippen LogP contribution in [0.25, 0.3) is 0 Å². The second kappa shape index (κ2) is 6.37. The molecule has 0 saturated carbocycles. The second-order valence-corrected chi connectivity index (χ2v) is 6.26. The monoisotopic (exact) mass is 276 g/mol. The van der Waals surface area contributed by atoms with Crippen LogP contribution in [0, 0.1) is 5.41 Å². The van der Waals surface area contributed by atoms with Crippen molar-refractivity contribution in [3.05, 3.63) is 35.4 Å². The first-order valence-electron chi connectivity index (χ1n) is 7.20. The molecule has 1 aliphatic heterocycles. The third-order valence-corrected chi connectivity index (χ3v) is 3.93. The van der Waals surface area contributed by atoms with Crippen LogP contribution in [0.2, 0.25) is 0 Å². The zero-order valence-corrected chi connectivity index (χ0v) is 12.3. The highest BCUT2D eigenvalue weighted by Crippen LogP contribution is 2.19. The fourth-order valence-electron chi connectivity index (χ4n) is 2.48. The number of nitrogens with one attached hydrogen (secondary N) is 2. The number of aliphatic hydroxyl groups excluding tert-OH is 1. The van der Waals surface area contributed by atoms with E-state index in [2.05, 4.69) is 22.8 Å². The zero-order valence-electron chi connectivity index (χ0n) is 12.3. The topological polar surface area (TPSA) is 61.4 Å². The van der Waals surface area contributed by atoms with Gasteiger partial charge in [-0.3, -0.25) is 4.79 Å². The summed E-state index contributed by atoms with van der Waals surface area (Å²) in [5.41, 5.74) is 2.45. The molecule has 4 nitrogen and oxygen atoms in total. The first kappa shape index (κ1) is 15.0. The van der Waals surface area contributed by atoms with Gasteiger partial charge in [-0.1, -0.05) is 38.1 Å². The maximum Gasteiger partial charge on any atom is 0.237 e. The van der Waals surface area contributed by atoms with Gasteiger partial charge >= 0.3 is 0 Å². The van der Waals surface area contributed by atoms with Gasteiger partial charge in [-0.25, -0.2) is 0 Å². The van der Waals surface area contributed by atoms with Crippen molar-refractivity contribution < 1.29 is 9.90 Å². The quantitative estimate of drug-likeness (QED) is 0.758. The van der Waals surface area contributed by atoms with Crippen LogP contribution < -0.4 is 10.6 Å². The molecule has 0 saturated heterocycles. The fourth-order valence-corrected chi connectivity index (χ4v) is 2.48. The van der Waals surface area contributed by atoms with E-state index in [0.717, 1.165) is 13.0 Å². The number of aliphatic hydroxyl groups is 1. The van der Waals surface area contributed by atoms with E-state index in [1.54, 1.807) is 0 Å². The molecule has 2 rings (SSSR count). The third-order valence-electron chi connectivity index (χ3n) is 3.93. The van der Waals surface area contributed by atoms with Gasteiger partial charge in [-0.15, -0.1) is 0 Å². The van der Waals surface area contributed by atoms with Gasteiger partial charge in [0.1, 0.15) is 0 Å². The molecule has 0 spiro atoms. The SMILES string of the molecule is CC(C)(CCO)CNC(=O)[C@@H]1Cc2ccccc2CN1. The standard InChI is InChI=1S/C16H24N2O2/c1-16(2,7-8-19)11-18-15(20)14-9-12-5-3-4-6-13(12)10-17-14/h3-6,14,17,19H,7-11H2,1-2H3,(H,18,20)/t14-/m0/s1. The maximum absolute atomic E-state index is 12.2. The molecular formula is C16H24N2O2. The minimum atomic E-state index is -0.158. The van der Waals surface area contributed by atoms with Gasteiger partial charge in [0.05, 0.1) is 6.04 Å². The van der Waals surface area contributed by atoms with Crippen LogP contribution in [0.3, 0.4) is 0 Å². The average Bonchev–Trinajstić information content (AvgIpc) is 2.44. The molecule has 1 aromatic rings. The number of carbonyl (C=O) groups excluding carboxylic acids is 1. The molecule has 0 aromatic heterocycles. The van der Waals surface area contributed by atoms with Gasteiger partial charge < -0.3 is 15.7 Å². The Morgan fingerprint density at radius 3 is 2.80 bits per heavy atom. The highest BCUT2D eigenvalue weighted by Gasteiger charge is 2.25. The van der Waals surface area contributed by atoms with Crippen LogP contribution in [-0.2, 0) is 17.8 Å². The van der Waals surface area contributed by atoms with E-state index in [9.17, 15) is 4.79 Å². The number of rotatable bonds is 5. The number of benzene rings is 1. The predicted molar refractivity (Wildman–Crippen MR) is 79.3 cm³/mol. The number of fused-ring (bicyclic) bond motifs is 1. The average molecular weight is 276 g/mol. The number of carbonyl (C=O) groups is 1. The molecule has 0 aliphatic carbocycles. The molecule has 0 radical (unpaired) electrons. The molecule has 110 valence electrons. The molecule has 1 heterocycles. The van der Waals surface area contributed by atoms with Crippen molar-refractivity contribution in [1.82, 2.24) is 10.6 Å². The van der Waals surface area contributed by atoms with E-state index in [1.165, 1.54) is 11.1 Å². The van der Waals surface area contributed by atoms with E-state index in [0.29, 0.717) is 13.0 Å². The first-order valence-corrected chi connectivity index (χ1v) is 7.20. The molecule has 4 heteroatoms. The molecular weight excluding hydrogens is 252 g/mol. The second-order valence-electron chi connectivity index (χ2n) is 6.26. The Morgan fingerprint density at radius 2 is 2.10 bits per heavy atom. The van der Waals surface area contributed by atoms with Crippen molar-refractivity contribution >= 4 is 5.91 Å². The molecule has 1 aromatic carbocycles. The molecule has 3 N–H and O–H groups in total. The summed E-state index contributed by atoms with van der Waals surface area (Å²) in [6.45, 7) is 5.58. The van der Waals surface area contributed by atoms with E-state index in [-0.39, 0.29) is 24.0 Å². The number of amides is 1. The number of hydrogen-bond acceptors (Lipinski definition) is 3. The molecule has 0 bridgehead atoms. The van der Waals surface area contributed by atoms with Gasteiger partial charge in [-0.05, 0) is 29.4 Å². The Labute approximate surface area is 120 Å². The van der Waals surface area contributed by atoms with Crippen LogP contribution in [0.4, 0.5) is 0 Å². The summed E-state index contributed by atoms with van der Waals surface area (Å²) in [6.07, 6.45) is 1.43. The minimum absolute atomic E-state index is 0.0468. The van der Waals surface area contributed by atoms with Crippen LogP contribution >= 0.6 is 0 Å². The lowest BCUT2D eigenvalue weighted by Crippen LogP contribution is -2.49. The largest absolute Gasteiger partial charge is 0.396 e. The van der Waals surface area contributed by atoms with E-state index >= 15 is 0 Å². The summed E-state index contributed by atoms with van der Waals surface area (Å²) in [5.74, 6) is 0.0468. The summed E-state index contributed by atoms with van der Waals surface area (Å²) in [4.78, 5) is 12.2. The lowest BCUT2D eigenvalue weighted by Gasteiger charge is -2.28. The van der Waals surface area contributed by atoms with Crippen molar-refractivity contribution in [2.75, 3.05) is 13.2 Å². The lowest BCUT2D eigenvalue weighted by molar-refractivity contribution is -0.123. The zero-order chi connectivity index (χ0) is 14.6. The highest BCUT2D eigenvalue weighted by molar-refractivity contribution is 5.82. The predicted octanol–water partition coefficient (Wildman–Crippen LogP) is 1.23. The van der Waals surface area contributed by atoms with E-state index in [1.807, 2.05) is 26.0 Å². The Balaban J connectivity index is 1.89. The maximum atomic E-state index is 12.2. The Hall–Kier alpha value is -1.39. The van der Waals surface area contributed by atoms with Gasteiger partial charge in [-0.2, -0.15) is 0 Å². The van der Waals surface area contributed by atoms with Crippen molar-refractivity contribution in [1.29, 1.82) is 0 Å². The first-order chi connectivity index (χ1) is 9.52. The molecule has 1 aliphatic rings. The van der Waals surface area contributed by atoms with Crippen molar-refractivity contribution in [2.45, 2.75) is 39.3 Å². The minimum Gasteiger partial charge on any atom is -0.396 e. The fraction of sp³-hybridized carbons (Fsp3) is 0.562. The molecule has 1 atom stereocenters. The summed E-state index contributed by atoms with van der Waals surface area (Å²) >= 11 is 0. The summed E-state index contributed by atoms with van der Waals surface area (Å²) in [7, 11) is 0. The van der Waals surface area contributed by atoms with Crippen molar-refractivity contribution in [3.8, 4) is 0 Å². The van der Waals surface area contributed by atoms with Crippen molar-refractivity contribution in [2.24, 2.45) is 5.41 Å². The Morgan fingerprint density at radius 1 is 1.40 bits per heavy atom. The molecule has 1 amide bonds. The van der Waals surface area contributed by atoms with Crippen LogP contribution in [0.5, 0.6) is 0 Å². The Bertz CT molecular complexity index is 471. The van der Waals surface area contributed by atoms with Gasteiger partial charge in [0, 0.05) is 19.7 Å². The highest BCUT2D eigenvalue weighted by atomic mass is 16.3. The summed E-state index contributed by atoms with van der Waals surface area (Å²) in [5, 5.41) is 15.3. The molecule has 0 unspecified atom stereocenters. The van der Waals surface area contributed by atoms with Crippen LogP contribution in [-0.4, -0.2) is 30.2 Å². The van der Waals surface area contributed by atoms with Gasteiger partial charge in [0.2, 0.25) is 5.91 Å². The summed E-state index contributed by atoms with van der Waals surface area (Å²) < 4.78 is 0. The van der Waals surface area contributed by atoms with Crippen LogP contribution in [0.15, 0.2) is 24.3 Å². The van der Waals surface area contributed by atoms with Crippen LogP contribution in [0.1, 0.15) is 31.4 Å².